The summed E-state index contributed by atoms with van der Waals surface area (Å²) < 4.78 is 0. The molecule has 0 aromatic heterocycles. The van der Waals surface area contributed by atoms with Gasteiger partial charge in [0.15, 0.2) is 0 Å². The second-order valence-corrected chi connectivity index (χ2v) is 6.31. The Morgan fingerprint density at radius 1 is 1.47 bits per heavy atom. The number of allylic oxidation sites excluding steroid dienone is 2. The van der Waals surface area contributed by atoms with E-state index in [1.54, 1.807) is 5.57 Å². The van der Waals surface area contributed by atoms with Crippen molar-refractivity contribution in [3.05, 3.63) is 11.6 Å². The van der Waals surface area contributed by atoms with Crippen LogP contribution in [0.2, 0.25) is 0 Å². The molecular formula is C14H23N. The van der Waals surface area contributed by atoms with Gasteiger partial charge in [0.2, 0.25) is 0 Å². The molecule has 0 aliphatic heterocycles. The van der Waals surface area contributed by atoms with Crippen LogP contribution in [0.3, 0.4) is 0 Å². The molecule has 0 amide bonds. The minimum Gasteiger partial charge on any atom is -0.319 e. The van der Waals surface area contributed by atoms with Crippen molar-refractivity contribution in [2.45, 2.75) is 33.1 Å². The molecule has 2 bridgehead atoms. The maximum atomic E-state index is 3.42. The summed E-state index contributed by atoms with van der Waals surface area (Å²) in [5.41, 5.74) is 2.30. The van der Waals surface area contributed by atoms with Crippen LogP contribution in [0.25, 0.3) is 0 Å². The highest BCUT2D eigenvalue weighted by molar-refractivity contribution is 5.27. The van der Waals surface area contributed by atoms with E-state index in [4.69, 9.17) is 0 Å². The van der Waals surface area contributed by atoms with Crippen molar-refractivity contribution in [3.63, 3.8) is 0 Å². The first-order valence-electron chi connectivity index (χ1n) is 6.50. The Kier molecular flexibility index (Phi) is 2.04. The standard InChI is InChI=1S/C14H23N/c1-9-4-10-5-11-6-12(7-13(10)11)14(9,2)8-15-3/h4,9,11-13,15H,5-8H2,1-3H3. The first kappa shape index (κ1) is 9.89. The number of rotatable bonds is 2. The van der Waals surface area contributed by atoms with Crippen LogP contribution < -0.4 is 5.32 Å². The fourth-order valence-electron chi connectivity index (χ4n) is 4.40. The van der Waals surface area contributed by atoms with Gasteiger partial charge in [0.1, 0.15) is 0 Å². The summed E-state index contributed by atoms with van der Waals surface area (Å²) >= 11 is 0. The molecule has 3 aliphatic carbocycles. The first-order chi connectivity index (χ1) is 7.15. The second-order valence-electron chi connectivity index (χ2n) is 6.31. The van der Waals surface area contributed by atoms with E-state index in [0.29, 0.717) is 5.41 Å². The van der Waals surface area contributed by atoms with Crippen molar-refractivity contribution in [3.8, 4) is 0 Å². The Balaban J connectivity index is 1.95. The predicted molar refractivity (Wildman–Crippen MR) is 63.6 cm³/mol. The van der Waals surface area contributed by atoms with Gasteiger partial charge in [0.05, 0.1) is 0 Å². The van der Waals surface area contributed by atoms with Crippen LogP contribution >= 0.6 is 0 Å². The molecule has 3 aliphatic rings. The molecule has 0 heterocycles. The third-order valence-electron chi connectivity index (χ3n) is 5.66. The average molecular weight is 205 g/mol. The zero-order chi connectivity index (χ0) is 10.6. The molecule has 1 heteroatoms. The van der Waals surface area contributed by atoms with Crippen molar-refractivity contribution in [1.82, 2.24) is 5.32 Å². The fraction of sp³-hybridized carbons (Fsp3) is 0.857. The molecule has 2 fully saturated rings. The van der Waals surface area contributed by atoms with Crippen molar-refractivity contribution in [1.29, 1.82) is 0 Å². The quantitative estimate of drug-likeness (QED) is 0.684. The minimum absolute atomic E-state index is 0.504. The molecule has 0 spiro atoms. The lowest BCUT2D eigenvalue weighted by atomic mass is 9.64. The number of hydrogen-bond donors (Lipinski definition) is 1. The zero-order valence-electron chi connectivity index (χ0n) is 10.2. The second kappa shape index (κ2) is 3.10. The normalized spacial score (nSPS) is 52.1. The van der Waals surface area contributed by atoms with Gasteiger partial charge in [-0.05, 0) is 55.4 Å². The van der Waals surface area contributed by atoms with Crippen molar-refractivity contribution in [2.75, 3.05) is 13.6 Å². The molecule has 0 radical (unpaired) electrons. The van der Waals surface area contributed by atoms with E-state index in [-0.39, 0.29) is 0 Å². The van der Waals surface area contributed by atoms with Crippen LogP contribution in [0.5, 0.6) is 0 Å². The largest absolute Gasteiger partial charge is 0.319 e. The summed E-state index contributed by atoms with van der Waals surface area (Å²) in [6, 6.07) is 0. The van der Waals surface area contributed by atoms with Gasteiger partial charge < -0.3 is 5.32 Å². The van der Waals surface area contributed by atoms with Crippen molar-refractivity contribution >= 4 is 0 Å². The summed E-state index contributed by atoms with van der Waals surface area (Å²) in [7, 11) is 2.10. The molecular weight excluding hydrogens is 182 g/mol. The third-order valence-corrected chi connectivity index (χ3v) is 5.66. The Bertz CT molecular complexity index is 306. The van der Waals surface area contributed by atoms with Crippen LogP contribution in [0.15, 0.2) is 11.6 Å². The van der Waals surface area contributed by atoms with Gasteiger partial charge in [-0.1, -0.05) is 25.5 Å². The highest BCUT2D eigenvalue weighted by atomic mass is 14.8. The lowest BCUT2D eigenvalue weighted by Gasteiger charge is -2.42. The Morgan fingerprint density at radius 3 is 3.00 bits per heavy atom. The van der Waals surface area contributed by atoms with Crippen LogP contribution in [0, 0.1) is 29.1 Å². The summed E-state index contributed by atoms with van der Waals surface area (Å²) in [5, 5.41) is 3.42. The van der Waals surface area contributed by atoms with Crippen LogP contribution in [0.1, 0.15) is 33.1 Å². The van der Waals surface area contributed by atoms with E-state index in [9.17, 15) is 0 Å². The molecule has 0 aromatic carbocycles. The van der Waals surface area contributed by atoms with E-state index in [1.807, 2.05) is 0 Å². The van der Waals surface area contributed by atoms with E-state index in [2.05, 4.69) is 32.3 Å². The highest BCUT2D eigenvalue weighted by Crippen LogP contribution is 2.61. The summed E-state index contributed by atoms with van der Waals surface area (Å²) in [6.45, 7) is 6.11. The molecule has 0 saturated heterocycles. The summed E-state index contributed by atoms with van der Waals surface area (Å²) in [4.78, 5) is 0. The molecule has 1 N–H and O–H groups in total. The van der Waals surface area contributed by atoms with Gasteiger partial charge in [-0.3, -0.25) is 0 Å². The molecule has 2 saturated carbocycles. The average Bonchev–Trinajstić information content (AvgIpc) is 2.49. The third kappa shape index (κ3) is 1.19. The van der Waals surface area contributed by atoms with E-state index in [0.717, 1.165) is 23.7 Å². The van der Waals surface area contributed by atoms with E-state index in [1.165, 1.54) is 25.8 Å². The van der Waals surface area contributed by atoms with Crippen molar-refractivity contribution < 1.29 is 0 Å². The van der Waals surface area contributed by atoms with Gasteiger partial charge in [0.25, 0.3) is 0 Å². The number of fused-ring (bicyclic) bond motifs is 1. The number of hydrogen-bond acceptors (Lipinski definition) is 1. The topological polar surface area (TPSA) is 12.0 Å². The summed E-state index contributed by atoms with van der Waals surface area (Å²) in [6.07, 6.45) is 7.03. The maximum Gasteiger partial charge on any atom is 0.00104 e. The SMILES string of the molecule is CNCC1(C)C(C)C=C2CC3CC1CC23. The lowest BCUT2D eigenvalue weighted by molar-refractivity contribution is 0.128. The van der Waals surface area contributed by atoms with E-state index >= 15 is 0 Å². The molecule has 0 aromatic rings. The van der Waals surface area contributed by atoms with Gasteiger partial charge >= 0.3 is 0 Å². The van der Waals surface area contributed by atoms with Gasteiger partial charge in [-0.25, -0.2) is 0 Å². The molecule has 1 nitrogen and oxygen atoms in total. The Morgan fingerprint density at radius 2 is 2.27 bits per heavy atom. The molecule has 15 heavy (non-hydrogen) atoms. The lowest BCUT2D eigenvalue weighted by Crippen LogP contribution is -2.41. The van der Waals surface area contributed by atoms with Gasteiger partial charge in [-0.2, -0.15) is 0 Å². The highest BCUT2D eigenvalue weighted by Gasteiger charge is 2.53. The predicted octanol–water partition coefficient (Wildman–Crippen LogP) is 2.83. The van der Waals surface area contributed by atoms with Crippen LogP contribution in [0.4, 0.5) is 0 Å². The van der Waals surface area contributed by atoms with Crippen molar-refractivity contribution in [2.24, 2.45) is 29.1 Å². The monoisotopic (exact) mass is 205 g/mol. The maximum absolute atomic E-state index is 3.42. The smallest absolute Gasteiger partial charge is 0.00104 e. The zero-order valence-corrected chi connectivity index (χ0v) is 10.2. The summed E-state index contributed by atoms with van der Waals surface area (Å²) in [5.74, 6) is 3.78. The Hall–Kier alpha value is -0.300. The minimum atomic E-state index is 0.504. The molecule has 5 unspecified atom stereocenters. The van der Waals surface area contributed by atoms with Gasteiger partial charge in [-0.15, -0.1) is 0 Å². The van der Waals surface area contributed by atoms with Gasteiger partial charge in [0, 0.05) is 6.54 Å². The molecule has 5 atom stereocenters. The molecule has 3 rings (SSSR count). The first-order valence-corrected chi connectivity index (χ1v) is 6.50. The van der Waals surface area contributed by atoms with Crippen LogP contribution in [-0.4, -0.2) is 13.6 Å². The van der Waals surface area contributed by atoms with Crippen LogP contribution in [-0.2, 0) is 0 Å². The Labute approximate surface area is 93.3 Å². The number of nitrogens with one attached hydrogen (secondary N) is 1. The molecule has 84 valence electrons. The van der Waals surface area contributed by atoms with E-state index < -0.39 is 0 Å². The fourth-order valence-corrected chi connectivity index (χ4v) is 4.40.